The van der Waals surface area contributed by atoms with Crippen molar-refractivity contribution in [1.29, 1.82) is 0 Å². The molecular weight excluding hydrogens is 560 g/mol. The zero-order valence-electron chi connectivity index (χ0n) is 28.0. The average Bonchev–Trinajstić information content (AvgIpc) is 2.93. The molecule has 0 N–H and O–H groups in total. The third kappa shape index (κ3) is 14.1. The highest BCUT2D eigenvalue weighted by Crippen LogP contribution is 2.18. The van der Waals surface area contributed by atoms with Gasteiger partial charge < -0.3 is 24.0 Å². The molecule has 0 aliphatic carbocycles. The van der Waals surface area contributed by atoms with Crippen LogP contribution in [0.25, 0.3) is 0 Å². The number of esters is 3. The van der Waals surface area contributed by atoms with E-state index in [-0.39, 0.29) is 30.9 Å². The van der Waals surface area contributed by atoms with Gasteiger partial charge in [-0.05, 0) is 79.5 Å². The minimum absolute atomic E-state index is 0.149. The molecule has 10 nitrogen and oxygen atoms in total. The second-order valence-electron chi connectivity index (χ2n) is 14.0. The molecule has 3 unspecified atom stereocenters. The van der Waals surface area contributed by atoms with Crippen LogP contribution in [0.3, 0.4) is 0 Å². The summed E-state index contributed by atoms with van der Waals surface area (Å²) in [6.45, 7) is 20.4. The molecule has 1 aromatic rings. The van der Waals surface area contributed by atoms with Crippen LogP contribution >= 0.6 is 0 Å². The molecule has 0 saturated carbocycles. The first-order valence-corrected chi connectivity index (χ1v) is 16.3. The summed E-state index contributed by atoms with van der Waals surface area (Å²) in [6, 6.07) is 9.09. The standard InChI is InChI=1S/C34H56N4O6/c1-33(2,3)43-31(40)26-37-18-10-16-36-21-20-35(22-23-37)17-11-19-38(25-24-36)29(32(41)44-34(4,5)6)14-15-30(39)42-27-28-12-8-7-9-13-28/h7-9,12-13,29H,10-11,14-27H2,1-6H3. The summed E-state index contributed by atoms with van der Waals surface area (Å²) >= 11 is 0. The monoisotopic (exact) mass is 616 g/mol. The molecule has 2 bridgehead atoms. The van der Waals surface area contributed by atoms with Crippen molar-refractivity contribution in [2.24, 2.45) is 0 Å². The van der Waals surface area contributed by atoms with Crippen molar-refractivity contribution in [1.82, 2.24) is 19.6 Å². The van der Waals surface area contributed by atoms with Crippen LogP contribution in [0.2, 0.25) is 0 Å². The molecule has 10 heteroatoms. The van der Waals surface area contributed by atoms with Crippen molar-refractivity contribution in [3.05, 3.63) is 35.9 Å². The summed E-state index contributed by atoms with van der Waals surface area (Å²) in [5, 5.41) is 0. The highest BCUT2D eigenvalue weighted by atomic mass is 16.6. The highest BCUT2D eigenvalue weighted by molar-refractivity contribution is 5.77. The molecule has 1 aromatic carbocycles. The lowest BCUT2D eigenvalue weighted by atomic mass is 10.1. The fourth-order valence-corrected chi connectivity index (χ4v) is 5.66. The van der Waals surface area contributed by atoms with Gasteiger partial charge in [-0.3, -0.25) is 24.2 Å². The summed E-state index contributed by atoms with van der Waals surface area (Å²) in [4.78, 5) is 48.1. The Labute approximate surface area is 265 Å². The molecule has 2 heterocycles. The maximum atomic E-state index is 13.5. The topological polar surface area (TPSA) is 91.9 Å². The van der Waals surface area contributed by atoms with Crippen LogP contribution in [0.15, 0.2) is 30.3 Å². The molecule has 0 radical (unpaired) electrons. The Morgan fingerprint density at radius 1 is 0.705 bits per heavy atom. The number of benzene rings is 1. The predicted octanol–water partition coefficient (Wildman–Crippen LogP) is 3.58. The Bertz CT molecular complexity index is 1040. The van der Waals surface area contributed by atoms with Gasteiger partial charge in [0.15, 0.2) is 0 Å². The van der Waals surface area contributed by atoms with Gasteiger partial charge in [0.05, 0.1) is 6.54 Å². The molecule has 0 spiro atoms. The number of hydrogen-bond donors (Lipinski definition) is 0. The van der Waals surface area contributed by atoms with Crippen LogP contribution in [0.5, 0.6) is 0 Å². The number of ether oxygens (including phenoxy) is 3. The van der Waals surface area contributed by atoms with E-state index in [9.17, 15) is 14.4 Å². The lowest BCUT2D eigenvalue weighted by Gasteiger charge is -2.38. The number of hydrogen-bond acceptors (Lipinski definition) is 10. The van der Waals surface area contributed by atoms with Crippen LogP contribution < -0.4 is 0 Å². The summed E-state index contributed by atoms with van der Waals surface area (Å²) in [7, 11) is 0. The Morgan fingerprint density at radius 3 is 1.93 bits per heavy atom. The minimum Gasteiger partial charge on any atom is -0.461 e. The zero-order valence-corrected chi connectivity index (χ0v) is 28.0. The molecule has 2 aliphatic rings. The maximum Gasteiger partial charge on any atom is 0.323 e. The number of carbonyl (C=O) groups is 3. The Balaban J connectivity index is 1.64. The third-order valence-electron chi connectivity index (χ3n) is 7.79. The van der Waals surface area contributed by atoms with E-state index in [2.05, 4.69) is 19.6 Å². The van der Waals surface area contributed by atoms with Crippen molar-refractivity contribution in [3.63, 3.8) is 0 Å². The second kappa shape index (κ2) is 17.2. The predicted molar refractivity (Wildman–Crippen MR) is 171 cm³/mol. The first kappa shape index (κ1) is 35.9. The first-order valence-electron chi connectivity index (χ1n) is 16.3. The minimum atomic E-state index is -0.620. The number of nitrogens with zero attached hydrogens (tertiary/aromatic N) is 4. The fourth-order valence-electron chi connectivity index (χ4n) is 5.66. The Kier molecular flexibility index (Phi) is 14.1. The molecule has 44 heavy (non-hydrogen) atoms. The van der Waals surface area contributed by atoms with E-state index in [1.54, 1.807) is 0 Å². The summed E-state index contributed by atoms with van der Waals surface area (Å²) in [6.07, 6.45) is 2.35. The van der Waals surface area contributed by atoms with Crippen LogP contribution in [-0.2, 0) is 35.2 Å². The molecule has 3 atom stereocenters. The van der Waals surface area contributed by atoms with Crippen LogP contribution in [0.1, 0.15) is 72.8 Å². The Hall–Kier alpha value is -2.53. The van der Waals surface area contributed by atoms with Crippen LogP contribution in [0.4, 0.5) is 0 Å². The molecule has 2 aliphatic heterocycles. The van der Waals surface area contributed by atoms with E-state index in [0.717, 1.165) is 77.3 Å². The van der Waals surface area contributed by atoms with Gasteiger partial charge in [-0.1, -0.05) is 30.3 Å². The molecule has 2 saturated heterocycles. The van der Waals surface area contributed by atoms with Gasteiger partial charge >= 0.3 is 17.9 Å². The van der Waals surface area contributed by atoms with E-state index in [0.29, 0.717) is 19.5 Å². The highest BCUT2D eigenvalue weighted by Gasteiger charge is 2.32. The van der Waals surface area contributed by atoms with E-state index < -0.39 is 17.2 Å². The molecule has 0 aromatic heterocycles. The van der Waals surface area contributed by atoms with Gasteiger partial charge in [0.1, 0.15) is 23.9 Å². The smallest absolute Gasteiger partial charge is 0.323 e. The first-order chi connectivity index (χ1) is 20.8. The lowest BCUT2D eigenvalue weighted by Crippen LogP contribution is -2.51. The van der Waals surface area contributed by atoms with Gasteiger partial charge in [-0.2, -0.15) is 0 Å². The average molecular weight is 617 g/mol. The normalized spacial score (nSPS) is 22.0. The van der Waals surface area contributed by atoms with Gasteiger partial charge in [0.2, 0.25) is 0 Å². The largest absolute Gasteiger partial charge is 0.461 e. The van der Waals surface area contributed by atoms with Crippen molar-refractivity contribution in [2.45, 2.75) is 91.1 Å². The van der Waals surface area contributed by atoms with E-state index in [1.165, 1.54) is 0 Å². The van der Waals surface area contributed by atoms with Gasteiger partial charge in [0.25, 0.3) is 0 Å². The van der Waals surface area contributed by atoms with Crippen molar-refractivity contribution in [2.75, 3.05) is 72.0 Å². The SMILES string of the molecule is CC(C)(C)OC(=O)CN1CCCN2CCN(CCCN(C(CCC(=O)OCc3ccccc3)C(=O)OC(C)(C)C)CC2)CC1. The van der Waals surface area contributed by atoms with E-state index in [4.69, 9.17) is 14.2 Å². The van der Waals surface area contributed by atoms with E-state index >= 15 is 0 Å². The second-order valence-corrected chi connectivity index (χ2v) is 14.0. The number of carbonyl (C=O) groups excluding carboxylic acids is 3. The fraction of sp³-hybridized carbons (Fsp3) is 0.735. The molecule has 0 amide bonds. The number of fused-ring (bicyclic) bond motifs is 3. The van der Waals surface area contributed by atoms with Crippen LogP contribution in [0, 0.1) is 0 Å². The summed E-state index contributed by atoms with van der Waals surface area (Å²) in [5.74, 6) is -0.770. The summed E-state index contributed by atoms with van der Waals surface area (Å²) in [5.41, 5.74) is -0.170. The molecular formula is C34H56N4O6. The quantitative estimate of drug-likeness (QED) is 0.303. The lowest BCUT2D eigenvalue weighted by molar-refractivity contribution is -0.162. The number of rotatable bonds is 9. The van der Waals surface area contributed by atoms with Gasteiger partial charge in [-0.15, -0.1) is 0 Å². The van der Waals surface area contributed by atoms with E-state index in [1.807, 2.05) is 71.9 Å². The van der Waals surface area contributed by atoms with Gasteiger partial charge in [-0.25, -0.2) is 0 Å². The van der Waals surface area contributed by atoms with Crippen molar-refractivity contribution < 1.29 is 28.6 Å². The Morgan fingerprint density at radius 2 is 1.30 bits per heavy atom. The van der Waals surface area contributed by atoms with Gasteiger partial charge in [0, 0.05) is 58.8 Å². The summed E-state index contributed by atoms with van der Waals surface area (Å²) < 4.78 is 17.0. The van der Waals surface area contributed by atoms with Crippen molar-refractivity contribution in [3.8, 4) is 0 Å². The zero-order chi connectivity index (χ0) is 32.2. The molecule has 3 rings (SSSR count). The van der Waals surface area contributed by atoms with Crippen molar-refractivity contribution >= 4 is 17.9 Å². The third-order valence-corrected chi connectivity index (χ3v) is 7.79. The molecule has 2 fully saturated rings. The maximum absolute atomic E-state index is 13.5. The van der Waals surface area contributed by atoms with Crippen LogP contribution in [-0.4, -0.2) is 127 Å². The molecule has 248 valence electrons.